The van der Waals surface area contributed by atoms with Crippen LogP contribution in [-0.4, -0.2) is 45.1 Å². The van der Waals surface area contributed by atoms with Crippen molar-refractivity contribution in [2.75, 3.05) is 6.61 Å². The van der Waals surface area contributed by atoms with Gasteiger partial charge in [0.1, 0.15) is 0 Å². The van der Waals surface area contributed by atoms with Crippen LogP contribution in [-0.2, 0) is 9.59 Å². The van der Waals surface area contributed by atoms with Crippen LogP contribution in [0.15, 0.2) is 11.6 Å². The minimum absolute atomic E-state index is 0.00675. The lowest BCUT2D eigenvalue weighted by atomic mass is 9.33. The van der Waals surface area contributed by atoms with Crippen LogP contribution in [0.1, 0.15) is 98.8 Å². The number of carboxylic acids is 2. The molecule has 0 aromatic heterocycles. The highest BCUT2D eigenvalue weighted by atomic mass is 16.4. The van der Waals surface area contributed by atoms with Gasteiger partial charge in [0.25, 0.3) is 0 Å². The fourth-order valence-corrected chi connectivity index (χ4v) is 10.7. The summed E-state index contributed by atoms with van der Waals surface area (Å²) in [5.74, 6) is -1.20. The maximum absolute atomic E-state index is 12.8. The molecule has 0 spiro atoms. The van der Waals surface area contributed by atoms with Gasteiger partial charge in [-0.1, -0.05) is 39.3 Å². The molecule has 0 heterocycles. The van der Waals surface area contributed by atoms with E-state index in [0.29, 0.717) is 38.0 Å². The van der Waals surface area contributed by atoms with Crippen LogP contribution < -0.4 is 0 Å². The van der Waals surface area contributed by atoms with Crippen molar-refractivity contribution in [2.24, 2.45) is 50.2 Å². The van der Waals surface area contributed by atoms with Crippen molar-refractivity contribution in [3.8, 4) is 0 Å². The highest BCUT2D eigenvalue weighted by Gasteiger charge is 2.70. The molecule has 0 aromatic carbocycles. The molecule has 0 aliphatic heterocycles. The van der Waals surface area contributed by atoms with Crippen molar-refractivity contribution >= 4 is 11.9 Å². The number of carbonyl (C=O) groups is 2. The molecule has 6 nitrogen and oxygen atoms in total. The molecule has 5 rings (SSSR count). The quantitative estimate of drug-likeness (QED) is 0.391. The Morgan fingerprint density at radius 1 is 0.889 bits per heavy atom. The van der Waals surface area contributed by atoms with Crippen LogP contribution in [0.2, 0.25) is 0 Å². The first-order valence-corrected chi connectivity index (χ1v) is 14.1. The van der Waals surface area contributed by atoms with Crippen LogP contribution in [0.5, 0.6) is 0 Å². The Kier molecular flexibility index (Phi) is 5.69. The van der Waals surface area contributed by atoms with Crippen molar-refractivity contribution in [1.29, 1.82) is 0 Å². The summed E-state index contributed by atoms with van der Waals surface area (Å²) in [6, 6.07) is 0. The Balaban J connectivity index is 1.60. The second-order valence-electron chi connectivity index (χ2n) is 14.6. The summed E-state index contributed by atoms with van der Waals surface area (Å²) in [5.41, 5.74) is -1.29. The van der Waals surface area contributed by atoms with Gasteiger partial charge in [0.15, 0.2) is 0 Å². The van der Waals surface area contributed by atoms with E-state index in [1.165, 1.54) is 5.57 Å². The molecule has 0 amide bonds. The van der Waals surface area contributed by atoms with Gasteiger partial charge in [-0.25, -0.2) is 0 Å². The summed E-state index contributed by atoms with van der Waals surface area (Å²) in [4.78, 5) is 25.0. The fourth-order valence-electron chi connectivity index (χ4n) is 10.7. The lowest BCUT2D eigenvalue weighted by molar-refractivity contribution is -0.217. The number of carboxylic acid groups (broad SMARTS) is 2. The van der Waals surface area contributed by atoms with Gasteiger partial charge in [-0.3, -0.25) is 9.59 Å². The van der Waals surface area contributed by atoms with Crippen molar-refractivity contribution < 1.29 is 30.0 Å². The molecule has 36 heavy (non-hydrogen) atoms. The second-order valence-corrected chi connectivity index (χ2v) is 14.6. The lowest BCUT2D eigenvalue weighted by Crippen LogP contribution is -2.66. The molecule has 4 fully saturated rings. The number of allylic oxidation sites excluding steroid dienone is 2. The first-order valence-electron chi connectivity index (χ1n) is 14.1. The molecule has 0 saturated heterocycles. The Labute approximate surface area is 215 Å². The standard InChI is InChI=1S/C30H46O6/c1-25(23(33)34)12-14-30(24(35)36)15-13-28(4)18(19(30)16-25)6-7-21-26(2)10-9-22(32)27(3,17-31)20(26)8-11-29(21,28)5/h6,19-22,31-32H,7-17H2,1-5H3,(H,33,34)(H,35,36)/t19-,20?,21-,22+,25?,26+,27-,28-,29-,30+/m1/s1. The van der Waals surface area contributed by atoms with Crippen LogP contribution >= 0.6 is 0 Å². The van der Waals surface area contributed by atoms with Crippen molar-refractivity contribution in [3.05, 3.63) is 11.6 Å². The maximum atomic E-state index is 12.8. The van der Waals surface area contributed by atoms with E-state index >= 15 is 0 Å². The zero-order valence-electron chi connectivity index (χ0n) is 22.8. The van der Waals surface area contributed by atoms with Crippen molar-refractivity contribution in [3.63, 3.8) is 0 Å². The maximum Gasteiger partial charge on any atom is 0.310 e. The molecule has 2 unspecified atom stereocenters. The van der Waals surface area contributed by atoms with Crippen molar-refractivity contribution in [1.82, 2.24) is 0 Å². The third kappa shape index (κ3) is 2.98. The van der Waals surface area contributed by atoms with E-state index < -0.39 is 34.3 Å². The number of aliphatic carboxylic acids is 2. The van der Waals surface area contributed by atoms with E-state index in [0.717, 1.165) is 32.1 Å². The summed E-state index contributed by atoms with van der Waals surface area (Å²) in [6.07, 6.45) is 8.93. The molecule has 0 aromatic rings. The smallest absolute Gasteiger partial charge is 0.310 e. The fraction of sp³-hybridized carbons (Fsp3) is 0.867. The van der Waals surface area contributed by atoms with Gasteiger partial charge in [-0.15, -0.1) is 0 Å². The van der Waals surface area contributed by atoms with Gasteiger partial charge in [0.05, 0.1) is 23.5 Å². The number of hydrogen-bond acceptors (Lipinski definition) is 4. The van der Waals surface area contributed by atoms with Crippen LogP contribution in [0, 0.1) is 50.2 Å². The summed E-state index contributed by atoms with van der Waals surface area (Å²) in [7, 11) is 0. The molecular weight excluding hydrogens is 456 g/mol. The van der Waals surface area contributed by atoms with Crippen LogP contribution in [0.4, 0.5) is 0 Å². The zero-order valence-corrected chi connectivity index (χ0v) is 22.8. The summed E-state index contributed by atoms with van der Waals surface area (Å²) < 4.78 is 0. The van der Waals surface area contributed by atoms with E-state index in [2.05, 4.69) is 33.8 Å². The van der Waals surface area contributed by atoms with Gasteiger partial charge in [0, 0.05) is 5.41 Å². The van der Waals surface area contributed by atoms with Gasteiger partial charge in [-0.05, 0) is 105 Å². The number of rotatable bonds is 3. The monoisotopic (exact) mass is 502 g/mol. The predicted octanol–water partition coefficient (Wildman–Crippen LogP) is 5.27. The first kappa shape index (κ1) is 26.2. The van der Waals surface area contributed by atoms with Gasteiger partial charge in [0.2, 0.25) is 0 Å². The number of fused-ring (bicyclic) bond motifs is 7. The van der Waals surface area contributed by atoms with E-state index in [1.807, 2.05) is 0 Å². The molecule has 6 heteroatoms. The molecule has 0 bridgehead atoms. The number of aliphatic hydroxyl groups is 2. The second kappa shape index (κ2) is 7.81. The molecule has 0 radical (unpaired) electrons. The molecule has 10 atom stereocenters. The summed E-state index contributed by atoms with van der Waals surface area (Å²) in [6.45, 7) is 11.0. The Morgan fingerprint density at radius 3 is 2.17 bits per heavy atom. The van der Waals surface area contributed by atoms with E-state index in [9.17, 15) is 30.0 Å². The first-order chi connectivity index (χ1) is 16.6. The zero-order chi connectivity index (χ0) is 26.5. The Bertz CT molecular complexity index is 1010. The van der Waals surface area contributed by atoms with E-state index in [-0.39, 0.29) is 34.7 Å². The number of aliphatic hydroxyl groups excluding tert-OH is 2. The normalized spacial score (nSPS) is 54.2. The highest BCUT2D eigenvalue weighted by Crippen LogP contribution is 2.75. The average molecular weight is 503 g/mol. The van der Waals surface area contributed by atoms with Gasteiger partial charge in [-0.2, -0.15) is 0 Å². The molecule has 4 saturated carbocycles. The minimum atomic E-state index is -0.896. The average Bonchev–Trinajstić information content (AvgIpc) is 2.82. The van der Waals surface area contributed by atoms with Gasteiger partial charge < -0.3 is 20.4 Å². The molecular formula is C30H46O6. The topological polar surface area (TPSA) is 115 Å². The summed E-state index contributed by atoms with van der Waals surface area (Å²) >= 11 is 0. The third-order valence-electron chi connectivity index (χ3n) is 13.5. The molecule has 4 N–H and O–H groups in total. The largest absolute Gasteiger partial charge is 0.481 e. The van der Waals surface area contributed by atoms with Crippen LogP contribution in [0.25, 0.3) is 0 Å². The van der Waals surface area contributed by atoms with Gasteiger partial charge >= 0.3 is 11.9 Å². The molecule has 5 aliphatic carbocycles. The van der Waals surface area contributed by atoms with E-state index in [4.69, 9.17) is 0 Å². The Hall–Kier alpha value is -1.40. The molecule has 202 valence electrons. The Morgan fingerprint density at radius 2 is 1.56 bits per heavy atom. The summed E-state index contributed by atoms with van der Waals surface area (Å²) in [5, 5.41) is 41.9. The lowest BCUT2D eigenvalue weighted by Gasteiger charge is -2.71. The SMILES string of the molecule is CC1(C(=O)O)CC[C@]2(C(=O)O)CC[C@]3(C)C(=CC[C@@H]4[C@@]5(C)CC[C@H](O)[C@](C)(CO)C5CC[C@]43C)[C@H]2C1. The molecule has 5 aliphatic rings. The highest BCUT2D eigenvalue weighted by molar-refractivity contribution is 5.79. The minimum Gasteiger partial charge on any atom is -0.481 e. The third-order valence-corrected chi connectivity index (χ3v) is 13.5. The van der Waals surface area contributed by atoms with Crippen molar-refractivity contribution in [2.45, 2.75) is 105 Å². The van der Waals surface area contributed by atoms with Crippen LogP contribution in [0.3, 0.4) is 0 Å². The number of hydrogen-bond donors (Lipinski definition) is 4. The predicted molar refractivity (Wildman–Crippen MR) is 136 cm³/mol. The van der Waals surface area contributed by atoms with E-state index in [1.54, 1.807) is 6.92 Å².